The highest BCUT2D eigenvalue weighted by Crippen LogP contribution is 2.37. The second-order valence-corrected chi connectivity index (χ2v) is 4.00. The van der Waals surface area contributed by atoms with Crippen molar-refractivity contribution >= 4 is 23.3 Å². The number of anilines is 1. The maximum absolute atomic E-state index is 11.7. The van der Waals surface area contributed by atoms with Crippen LogP contribution < -0.4 is 4.90 Å². The zero-order chi connectivity index (χ0) is 12.7. The predicted molar refractivity (Wildman–Crippen MR) is 60.2 cm³/mol. The Morgan fingerprint density at radius 3 is 2.53 bits per heavy atom. The number of fused-ring (bicyclic) bond motifs is 1. The molecule has 0 saturated carbocycles. The number of Topliss-reactive ketones (excluding diaryl/α,β-unsaturated/α-hetero) is 1. The van der Waals surface area contributed by atoms with Crippen molar-refractivity contribution in [3.05, 3.63) is 29.3 Å². The highest BCUT2D eigenvalue weighted by molar-refractivity contribution is 6.16. The van der Waals surface area contributed by atoms with E-state index in [9.17, 15) is 14.4 Å². The minimum Gasteiger partial charge on any atom is -0.480 e. The van der Waals surface area contributed by atoms with E-state index in [1.807, 2.05) is 0 Å². The van der Waals surface area contributed by atoms with E-state index in [1.165, 1.54) is 24.9 Å². The molecule has 1 heterocycles. The van der Waals surface area contributed by atoms with Crippen molar-refractivity contribution in [1.82, 2.24) is 0 Å². The third-order valence-corrected chi connectivity index (χ3v) is 2.93. The van der Waals surface area contributed by atoms with Crippen LogP contribution in [0.5, 0.6) is 0 Å². The van der Waals surface area contributed by atoms with Gasteiger partial charge in [-0.25, -0.2) is 0 Å². The molecule has 0 fully saturated rings. The fourth-order valence-corrected chi connectivity index (χ4v) is 1.99. The van der Waals surface area contributed by atoms with Crippen LogP contribution in [-0.4, -0.2) is 29.8 Å². The van der Waals surface area contributed by atoms with E-state index < -0.39 is 17.8 Å². The van der Waals surface area contributed by atoms with Gasteiger partial charge in [0.05, 0.1) is 0 Å². The molecule has 0 radical (unpaired) electrons. The molecule has 0 saturated heterocycles. The van der Waals surface area contributed by atoms with Gasteiger partial charge in [0, 0.05) is 23.9 Å². The molecule has 0 aromatic heterocycles. The van der Waals surface area contributed by atoms with Gasteiger partial charge in [0.2, 0.25) is 5.91 Å². The van der Waals surface area contributed by atoms with Gasteiger partial charge in [-0.2, -0.15) is 0 Å². The average molecular weight is 233 g/mol. The summed E-state index contributed by atoms with van der Waals surface area (Å²) in [6, 6.07) is 4.68. The molecule has 1 aliphatic heterocycles. The summed E-state index contributed by atoms with van der Waals surface area (Å²) in [4.78, 5) is 35.4. The maximum Gasteiger partial charge on any atom is 0.320 e. The number of carbonyl (C=O) groups is 3. The van der Waals surface area contributed by atoms with E-state index in [1.54, 1.807) is 12.1 Å². The van der Waals surface area contributed by atoms with Gasteiger partial charge in [-0.1, -0.05) is 0 Å². The number of carboxylic acid groups (broad SMARTS) is 1. The molecule has 1 atom stereocenters. The van der Waals surface area contributed by atoms with E-state index in [4.69, 9.17) is 5.11 Å². The van der Waals surface area contributed by atoms with Crippen molar-refractivity contribution in [2.45, 2.75) is 12.8 Å². The Bertz CT molecular complexity index is 535. The Kier molecular flexibility index (Phi) is 2.46. The zero-order valence-corrected chi connectivity index (χ0v) is 9.43. The van der Waals surface area contributed by atoms with E-state index in [2.05, 4.69) is 0 Å². The minimum atomic E-state index is -1.20. The number of ketones is 1. The number of amides is 1. The van der Waals surface area contributed by atoms with Crippen molar-refractivity contribution in [1.29, 1.82) is 0 Å². The Balaban J connectivity index is 2.61. The van der Waals surface area contributed by atoms with Gasteiger partial charge >= 0.3 is 5.97 Å². The van der Waals surface area contributed by atoms with Gasteiger partial charge < -0.3 is 10.0 Å². The second kappa shape index (κ2) is 3.69. The lowest BCUT2D eigenvalue weighted by atomic mass is 9.98. The normalized spacial score (nSPS) is 18.1. The maximum atomic E-state index is 11.7. The lowest BCUT2D eigenvalue weighted by Crippen LogP contribution is -2.27. The molecule has 1 aliphatic rings. The van der Waals surface area contributed by atoms with Crippen LogP contribution in [0, 0.1) is 0 Å². The summed E-state index contributed by atoms with van der Waals surface area (Å²) in [7, 11) is 1.53. The molecule has 88 valence electrons. The minimum absolute atomic E-state index is 0.154. The lowest BCUT2D eigenvalue weighted by Gasteiger charge is -2.09. The second-order valence-electron chi connectivity index (χ2n) is 4.00. The number of hydrogen-bond donors (Lipinski definition) is 1. The van der Waals surface area contributed by atoms with Gasteiger partial charge in [0.15, 0.2) is 11.7 Å². The summed E-state index contributed by atoms with van der Waals surface area (Å²) < 4.78 is 0. The van der Waals surface area contributed by atoms with Crippen LogP contribution in [0.15, 0.2) is 18.2 Å². The number of hydrogen-bond acceptors (Lipinski definition) is 3. The SMILES string of the molecule is CC(=O)c1ccc2c(c1)C(C(=O)O)C(=O)N2C. The van der Waals surface area contributed by atoms with Crippen LogP contribution in [0.3, 0.4) is 0 Å². The summed E-state index contributed by atoms with van der Waals surface area (Å²) in [6.07, 6.45) is 0. The van der Waals surface area contributed by atoms with E-state index >= 15 is 0 Å². The fraction of sp³-hybridized carbons (Fsp3) is 0.250. The Morgan fingerprint density at radius 2 is 2.00 bits per heavy atom. The van der Waals surface area contributed by atoms with Gasteiger partial charge in [-0.3, -0.25) is 14.4 Å². The number of likely N-dealkylation sites (N-methyl/N-ethyl adjacent to an activating group) is 1. The molecule has 1 N–H and O–H groups in total. The quantitative estimate of drug-likeness (QED) is 0.611. The summed E-state index contributed by atoms with van der Waals surface area (Å²) in [5.74, 6) is -3.03. The first-order chi connectivity index (χ1) is 7.93. The number of aliphatic carboxylic acids is 1. The Morgan fingerprint density at radius 1 is 1.35 bits per heavy atom. The van der Waals surface area contributed by atoms with Crippen molar-refractivity contribution in [2.75, 3.05) is 11.9 Å². The molecular weight excluding hydrogens is 222 g/mol. The molecule has 2 rings (SSSR count). The van der Waals surface area contributed by atoms with E-state index in [0.29, 0.717) is 16.8 Å². The van der Waals surface area contributed by atoms with E-state index in [0.717, 1.165) is 0 Å². The van der Waals surface area contributed by atoms with Crippen LogP contribution in [0.4, 0.5) is 5.69 Å². The topological polar surface area (TPSA) is 74.7 Å². The summed E-state index contributed by atoms with van der Waals surface area (Å²) in [5.41, 5.74) is 1.35. The highest BCUT2D eigenvalue weighted by atomic mass is 16.4. The van der Waals surface area contributed by atoms with Gasteiger partial charge in [-0.05, 0) is 25.1 Å². The Labute approximate surface area is 97.7 Å². The van der Waals surface area contributed by atoms with Crippen LogP contribution >= 0.6 is 0 Å². The molecule has 1 aromatic rings. The first kappa shape index (κ1) is 11.3. The molecule has 1 amide bonds. The molecular formula is C12H11NO4. The number of nitrogens with zero attached hydrogens (tertiary/aromatic N) is 1. The van der Waals surface area contributed by atoms with Crippen molar-refractivity contribution in [2.24, 2.45) is 0 Å². The summed E-state index contributed by atoms with van der Waals surface area (Å²) in [5, 5.41) is 9.05. The molecule has 1 aromatic carbocycles. The van der Waals surface area contributed by atoms with Gasteiger partial charge in [0.25, 0.3) is 0 Å². The van der Waals surface area contributed by atoms with Crippen molar-refractivity contribution in [3.63, 3.8) is 0 Å². The van der Waals surface area contributed by atoms with Crippen LogP contribution in [0.25, 0.3) is 0 Å². The lowest BCUT2D eigenvalue weighted by molar-refractivity contribution is -0.141. The molecule has 5 heteroatoms. The van der Waals surface area contributed by atoms with Gasteiger partial charge in [-0.15, -0.1) is 0 Å². The smallest absolute Gasteiger partial charge is 0.320 e. The number of rotatable bonds is 2. The largest absolute Gasteiger partial charge is 0.480 e. The first-order valence-corrected chi connectivity index (χ1v) is 5.08. The standard InChI is InChI=1S/C12H11NO4/c1-6(14)7-3-4-9-8(5-7)10(12(16)17)11(15)13(9)2/h3-5,10H,1-2H3,(H,16,17). The van der Waals surface area contributed by atoms with Crippen molar-refractivity contribution in [3.8, 4) is 0 Å². The molecule has 1 unspecified atom stereocenters. The van der Waals surface area contributed by atoms with E-state index in [-0.39, 0.29) is 5.78 Å². The molecule has 0 bridgehead atoms. The molecule has 0 aliphatic carbocycles. The highest BCUT2D eigenvalue weighted by Gasteiger charge is 2.40. The number of benzene rings is 1. The van der Waals surface area contributed by atoms with Gasteiger partial charge in [0.1, 0.15) is 0 Å². The molecule has 5 nitrogen and oxygen atoms in total. The van der Waals surface area contributed by atoms with Crippen LogP contribution in [0.1, 0.15) is 28.8 Å². The summed E-state index contributed by atoms with van der Waals surface area (Å²) >= 11 is 0. The first-order valence-electron chi connectivity index (χ1n) is 5.08. The third kappa shape index (κ3) is 1.60. The van der Waals surface area contributed by atoms with Crippen molar-refractivity contribution < 1.29 is 19.5 Å². The monoisotopic (exact) mass is 233 g/mol. The Hall–Kier alpha value is -2.17. The van der Waals surface area contributed by atoms with Crippen LogP contribution in [-0.2, 0) is 9.59 Å². The zero-order valence-electron chi connectivity index (χ0n) is 9.43. The molecule has 0 spiro atoms. The van der Waals surface area contributed by atoms with Crippen LogP contribution in [0.2, 0.25) is 0 Å². The predicted octanol–water partition coefficient (Wildman–Crippen LogP) is 1.03. The number of carboxylic acids is 1. The fourth-order valence-electron chi connectivity index (χ4n) is 1.99. The third-order valence-electron chi connectivity index (χ3n) is 2.93. The average Bonchev–Trinajstić information content (AvgIpc) is 2.51. The number of carbonyl (C=O) groups excluding carboxylic acids is 2. The summed E-state index contributed by atoms with van der Waals surface area (Å²) in [6.45, 7) is 1.40. The molecule has 17 heavy (non-hydrogen) atoms.